The lowest BCUT2D eigenvalue weighted by Gasteiger charge is -2.11. The van der Waals surface area contributed by atoms with Crippen LogP contribution in [-0.4, -0.2) is 31.1 Å². The molecule has 0 fully saturated rings. The molecule has 0 atom stereocenters. The van der Waals surface area contributed by atoms with Gasteiger partial charge in [0.1, 0.15) is 0 Å². The van der Waals surface area contributed by atoms with E-state index in [1.54, 1.807) is 0 Å². The van der Waals surface area contributed by atoms with Crippen LogP contribution in [0.3, 0.4) is 0 Å². The van der Waals surface area contributed by atoms with E-state index in [1.165, 1.54) is 16.9 Å². The van der Waals surface area contributed by atoms with Crippen LogP contribution in [0.5, 0.6) is 0 Å². The molecule has 0 bridgehead atoms. The van der Waals surface area contributed by atoms with E-state index in [0.29, 0.717) is 0 Å². The molecule has 3 nitrogen and oxygen atoms in total. The van der Waals surface area contributed by atoms with E-state index in [-0.39, 0.29) is 0 Å². The summed E-state index contributed by atoms with van der Waals surface area (Å²) in [6.07, 6.45) is 3.30. The van der Waals surface area contributed by atoms with Crippen molar-refractivity contribution in [3.8, 4) is 0 Å². The molecule has 19 heavy (non-hydrogen) atoms. The highest BCUT2D eigenvalue weighted by atomic mass is 32.2. The van der Waals surface area contributed by atoms with Crippen molar-refractivity contribution in [3.05, 3.63) is 35.4 Å². The monoisotopic (exact) mass is 279 g/mol. The van der Waals surface area contributed by atoms with Gasteiger partial charge in [-0.25, -0.2) is 4.99 Å². The summed E-state index contributed by atoms with van der Waals surface area (Å²) in [6.45, 7) is 6.77. The molecule has 0 saturated carbocycles. The van der Waals surface area contributed by atoms with Crippen molar-refractivity contribution in [2.75, 3.05) is 25.1 Å². The first-order valence-electron chi connectivity index (χ1n) is 6.83. The second-order valence-electron chi connectivity index (χ2n) is 4.45. The molecule has 1 rings (SSSR count). The molecular formula is C15H25N3S. The van der Waals surface area contributed by atoms with Gasteiger partial charge in [-0.3, -0.25) is 0 Å². The second kappa shape index (κ2) is 9.73. The van der Waals surface area contributed by atoms with Crippen LogP contribution in [0.25, 0.3) is 0 Å². The van der Waals surface area contributed by atoms with E-state index in [2.05, 4.69) is 60.0 Å². The van der Waals surface area contributed by atoms with Crippen LogP contribution >= 0.6 is 11.8 Å². The highest BCUT2D eigenvalue weighted by Crippen LogP contribution is 2.04. The van der Waals surface area contributed by atoms with Crippen LogP contribution in [-0.2, 0) is 6.54 Å². The summed E-state index contributed by atoms with van der Waals surface area (Å²) in [5.41, 5.74) is 2.53. The predicted octanol–water partition coefficient (Wildman–Crippen LogP) is 2.80. The SMILES string of the molecule is CCNC(=NCc1ccc(C)cc1)NCCCSC. The van der Waals surface area contributed by atoms with Gasteiger partial charge in [0.15, 0.2) is 5.96 Å². The van der Waals surface area contributed by atoms with Gasteiger partial charge in [-0.05, 0) is 37.8 Å². The lowest BCUT2D eigenvalue weighted by Crippen LogP contribution is -2.37. The molecule has 0 saturated heterocycles. The standard InChI is InChI=1S/C15H25N3S/c1-4-16-15(17-10-5-11-19-3)18-12-14-8-6-13(2)7-9-14/h6-9H,4-5,10-12H2,1-3H3,(H2,16,17,18). The number of aliphatic imine (C=N–C) groups is 1. The van der Waals surface area contributed by atoms with Crippen molar-refractivity contribution in [1.82, 2.24) is 10.6 Å². The third kappa shape index (κ3) is 7.11. The number of nitrogens with zero attached hydrogens (tertiary/aromatic N) is 1. The number of hydrogen-bond donors (Lipinski definition) is 2. The maximum absolute atomic E-state index is 4.60. The van der Waals surface area contributed by atoms with E-state index >= 15 is 0 Å². The highest BCUT2D eigenvalue weighted by molar-refractivity contribution is 7.98. The summed E-state index contributed by atoms with van der Waals surface area (Å²) >= 11 is 1.88. The van der Waals surface area contributed by atoms with Gasteiger partial charge < -0.3 is 10.6 Å². The molecule has 0 aliphatic carbocycles. The molecule has 4 heteroatoms. The first-order chi connectivity index (χ1) is 9.26. The van der Waals surface area contributed by atoms with Crippen molar-refractivity contribution < 1.29 is 0 Å². The van der Waals surface area contributed by atoms with Crippen LogP contribution in [0.2, 0.25) is 0 Å². The molecule has 0 amide bonds. The van der Waals surface area contributed by atoms with Crippen molar-refractivity contribution in [3.63, 3.8) is 0 Å². The van der Waals surface area contributed by atoms with E-state index < -0.39 is 0 Å². The molecule has 1 aromatic carbocycles. The minimum Gasteiger partial charge on any atom is -0.357 e. The van der Waals surface area contributed by atoms with E-state index in [0.717, 1.165) is 32.0 Å². The topological polar surface area (TPSA) is 36.4 Å². The lowest BCUT2D eigenvalue weighted by molar-refractivity contribution is 0.790. The highest BCUT2D eigenvalue weighted by Gasteiger charge is 1.97. The Morgan fingerprint density at radius 3 is 2.58 bits per heavy atom. The fourth-order valence-electron chi connectivity index (χ4n) is 1.63. The molecule has 0 radical (unpaired) electrons. The maximum atomic E-state index is 4.60. The minimum atomic E-state index is 0.720. The first kappa shape index (κ1) is 15.9. The van der Waals surface area contributed by atoms with Crippen LogP contribution in [0.15, 0.2) is 29.3 Å². The summed E-state index contributed by atoms with van der Waals surface area (Å²) in [4.78, 5) is 4.60. The summed E-state index contributed by atoms with van der Waals surface area (Å²) in [5, 5.41) is 6.64. The number of benzene rings is 1. The Bertz CT molecular complexity index is 373. The Morgan fingerprint density at radius 1 is 1.21 bits per heavy atom. The second-order valence-corrected chi connectivity index (χ2v) is 5.44. The van der Waals surface area contributed by atoms with E-state index in [1.807, 2.05) is 11.8 Å². The molecule has 106 valence electrons. The molecule has 0 aliphatic heterocycles. The molecule has 0 heterocycles. The van der Waals surface area contributed by atoms with E-state index in [9.17, 15) is 0 Å². The van der Waals surface area contributed by atoms with Crippen molar-refractivity contribution in [2.45, 2.75) is 26.8 Å². The van der Waals surface area contributed by atoms with E-state index in [4.69, 9.17) is 0 Å². The van der Waals surface area contributed by atoms with Crippen molar-refractivity contribution in [2.24, 2.45) is 4.99 Å². The minimum absolute atomic E-state index is 0.720. The fraction of sp³-hybridized carbons (Fsp3) is 0.533. The van der Waals surface area contributed by atoms with Gasteiger partial charge in [-0.2, -0.15) is 11.8 Å². The normalized spacial score (nSPS) is 11.4. The Balaban J connectivity index is 2.45. The Labute approximate surface area is 121 Å². The van der Waals surface area contributed by atoms with Crippen molar-refractivity contribution in [1.29, 1.82) is 0 Å². The predicted molar refractivity (Wildman–Crippen MR) is 87.0 cm³/mol. The van der Waals surface area contributed by atoms with Gasteiger partial charge in [0.2, 0.25) is 0 Å². The van der Waals surface area contributed by atoms with Gasteiger partial charge in [0.05, 0.1) is 6.54 Å². The number of rotatable bonds is 7. The number of aryl methyl sites for hydroxylation is 1. The first-order valence-corrected chi connectivity index (χ1v) is 8.22. The largest absolute Gasteiger partial charge is 0.357 e. The zero-order valence-corrected chi connectivity index (χ0v) is 13.0. The maximum Gasteiger partial charge on any atom is 0.191 e. The van der Waals surface area contributed by atoms with Gasteiger partial charge >= 0.3 is 0 Å². The van der Waals surface area contributed by atoms with Gasteiger partial charge in [-0.15, -0.1) is 0 Å². The van der Waals surface area contributed by atoms with Gasteiger partial charge in [0.25, 0.3) is 0 Å². The number of guanidine groups is 1. The Hall–Kier alpha value is -1.16. The zero-order chi connectivity index (χ0) is 13.9. The van der Waals surface area contributed by atoms with Crippen LogP contribution in [0, 0.1) is 6.92 Å². The molecule has 0 aliphatic rings. The van der Waals surface area contributed by atoms with Crippen LogP contribution < -0.4 is 10.6 Å². The summed E-state index contributed by atoms with van der Waals surface area (Å²) < 4.78 is 0. The number of nitrogens with one attached hydrogen (secondary N) is 2. The summed E-state index contributed by atoms with van der Waals surface area (Å²) in [7, 11) is 0. The molecular weight excluding hydrogens is 254 g/mol. The smallest absolute Gasteiger partial charge is 0.191 e. The van der Waals surface area contributed by atoms with Crippen molar-refractivity contribution >= 4 is 17.7 Å². The third-order valence-corrected chi connectivity index (χ3v) is 3.40. The van der Waals surface area contributed by atoms with Crippen LogP contribution in [0.4, 0.5) is 0 Å². The molecule has 2 N–H and O–H groups in total. The van der Waals surface area contributed by atoms with Crippen LogP contribution in [0.1, 0.15) is 24.5 Å². The lowest BCUT2D eigenvalue weighted by atomic mass is 10.1. The summed E-state index contributed by atoms with van der Waals surface area (Å²) in [5.74, 6) is 2.09. The average Bonchev–Trinajstić information content (AvgIpc) is 2.42. The Morgan fingerprint density at radius 2 is 1.95 bits per heavy atom. The number of thioether (sulfide) groups is 1. The third-order valence-electron chi connectivity index (χ3n) is 2.70. The summed E-state index contributed by atoms with van der Waals surface area (Å²) in [6, 6.07) is 8.53. The molecule has 1 aromatic rings. The van der Waals surface area contributed by atoms with Gasteiger partial charge in [-0.1, -0.05) is 29.8 Å². The zero-order valence-electron chi connectivity index (χ0n) is 12.2. The Kier molecular flexibility index (Phi) is 8.14. The quantitative estimate of drug-likeness (QED) is 0.458. The van der Waals surface area contributed by atoms with Gasteiger partial charge in [0, 0.05) is 13.1 Å². The number of hydrogen-bond acceptors (Lipinski definition) is 2. The average molecular weight is 279 g/mol. The molecule has 0 unspecified atom stereocenters. The molecule has 0 aromatic heterocycles. The molecule has 0 spiro atoms. The fourth-order valence-corrected chi connectivity index (χ4v) is 2.06.